The summed E-state index contributed by atoms with van der Waals surface area (Å²) >= 11 is 0. The first-order valence-corrected chi connectivity index (χ1v) is 3.75. The van der Waals surface area contributed by atoms with Gasteiger partial charge in [-0.25, -0.2) is 0 Å². The molecule has 0 heterocycles. The van der Waals surface area contributed by atoms with E-state index in [9.17, 15) is 0 Å². The Kier molecular flexibility index (Phi) is 5.70. The van der Waals surface area contributed by atoms with Gasteiger partial charge in [-0.05, 0) is 25.7 Å². The molecule has 1 atom stereocenters. The second-order valence-corrected chi connectivity index (χ2v) is 2.42. The van der Waals surface area contributed by atoms with Gasteiger partial charge in [-0.15, -0.1) is 0 Å². The van der Waals surface area contributed by atoms with Crippen LogP contribution in [-0.2, 0) is 0 Å². The molecule has 0 saturated carbocycles. The van der Waals surface area contributed by atoms with Gasteiger partial charge in [0.2, 0.25) is 0 Å². The minimum atomic E-state index is 0.654. The molecule has 0 aliphatic rings. The van der Waals surface area contributed by atoms with E-state index < -0.39 is 0 Å². The Labute approximate surface area is 59.0 Å². The van der Waals surface area contributed by atoms with E-state index in [0.717, 1.165) is 0 Å². The molecule has 9 heavy (non-hydrogen) atoms. The fourth-order valence-corrected chi connectivity index (χ4v) is 0.703. The molecule has 1 unspecified atom stereocenters. The predicted octanol–water partition coefficient (Wildman–Crippen LogP) is 3.20. The van der Waals surface area contributed by atoms with Crippen molar-refractivity contribution in [3.8, 4) is 0 Å². The van der Waals surface area contributed by atoms with Crippen LogP contribution in [0.5, 0.6) is 0 Å². The van der Waals surface area contributed by atoms with Crippen molar-refractivity contribution < 1.29 is 0 Å². The molecular formula is C9H17. The average molecular weight is 125 g/mol. The van der Waals surface area contributed by atoms with Gasteiger partial charge in [0.25, 0.3) is 0 Å². The smallest absolute Gasteiger partial charge is 0.0348 e. The maximum Gasteiger partial charge on any atom is -0.0348 e. The van der Waals surface area contributed by atoms with Crippen molar-refractivity contribution in [3.05, 3.63) is 19.1 Å². The lowest BCUT2D eigenvalue weighted by atomic mass is 10.0. The molecule has 0 aromatic heterocycles. The van der Waals surface area contributed by atoms with E-state index in [-0.39, 0.29) is 0 Å². The molecule has 0 aromatic rings. The minimum Gasteiger partial charge on any atom is -0.0917 e. The molecule has 53 valence electrons. The molecule has 0 aromatic carbocycles. The maximum atomic E-state index is 3.99. The van der Waals surface area contributed by atoms with Gasteiger partial charge in [0, 0.05) is 0 Å². The van der Waals surface area contributed by atoms with Gasteiger partial charge in [0.05, 0.1) is 0 Å². The Balaban J connectivity index is 3.06. The SMILES string of the molecule is [CH2]C(CC)CCC=CC. The lowest BCUT2D eigenvalue weighted by Crippen LogP contribution is -1.89. The van der Waals surface area contributed by atoms with Crippen molar-refractivity contribution in [3.63, 3.8) is 0 Å². The summed E-state index contributed by atoms with van der Waals surface area (Å²) in [6, 6.07) is 0. The summed E-state index contributed by atoms with van der Waals surface area (Å²) in [6.45, 7) is 8.24. The van der Waals surface area contributed by atoms with Crippen LogP contribution in [0.25, 0.3) is 0 Å². The first kappa shape index (κ1) is 8.74. The number of hydrogen-bond acceptors (Lipinski definition) is 0. The summed E-state index contributed by atoms with van der Waals surface area (Å²) in [5.41, 5.74) is 0. The lowest BCUT2D eigenvalue weighted by molar-refractivity contribution is 0.575. The fourth-order valence-electron chi connectivity index (χ4n) is 0.703. The predicted molar refractivity (Wildman–Crippen MR) is 43.2 cm³/mol. The first-order chi connectivity index (χ1) is 4.31. The molecule has 0 aliphatic heterocycles. The summed E-state index contributed by atoms with van der Waals surface area (Å²) in [5, 5.41) is 0. The van der Waals surface area contributed by atoms with Crippen molar-refractivity contribution in [1.29, 1.82) is 0 Å². The van der Waals surface area contributed by atoms with Gasteiger partial charge in [-0.1, -0.05) is 32.4 Å². The zero-order valence-corrected chi connectivity index (χ0v) is 6.56. The Bertz CT molecular complexity index is 72.1. The summed E-state index contributed by atoms with van der Waals surface area (Å²) in [7, 11) is 0. The summed E-state index contributed by atoms with van der Waals surface area (Å²) in [5.74, 6) is 0.654. The third-order valence-corrected chi connectivity index (χ3v) is 1.55. The molecular weight excluding hydrogens is 108 g/mol. The van der Waals surface area contributed by atoms with Crippen LogP contribution in [-0.4, -0.2) is 0 Å². The van der Waals surface area contributed by atoms with Gasteiger partial charge in [0.1, 0.15) is 0 Å². The summed E-state index contributed by atoms with van der Waals surface area (Å²) < 4.78 is 0. The zero-order valence-electron chi connectivity index (χ0n) is 6.56. The van der Waals surface area contributed by atoms with Crippen LogP contribution in [0.2, 0.25) is 0 Å². The molecule has 1 radical (unpaired) electrons. The monoisotopic (exact) mass is 125 g/mol. The first-order valence-electron chi connectivity index (χ1n) is 3.75. The number of rotatable bonds is 4. The topological polar surface area (TPSA) is 0 Å². The third kappa shape index (κ3) is 5.61. The van der Waals surface area contributed by atoms with E-state index in [1.54, 1.807) is 0 Å². The van der Waals surface area contributed by atoms with E-state index >= 15 is 0 Å². The van der Waals surface area contributed by atoms with E-state index in [2.05, 4.69) is 32.9 Å². The zero-order chi connectivity index (χ0) is 7.11. The largest absolute Gasteiger partial charge is 0.0917 e. The quantitative estimate of drug-likeness (QED) is 0.506. The maximum absolute atomic E-state index is 3.99. The van der Waals surface area contributed by atoms with E-state index in [1.165, 1.54) is 19.3 Å². The van der Waals surface area contributed by atoms with Crippen LogP contribution in [0.1, 0.15) is 33.1 Å². The van der Waals surface area contributed by atoms with Gasteiger partial charge in [-0.2, -0.15) is 0 Å². The Morgan fingerprint density at radius 2 is 2.22 bits per heavy atom. The van der Waals surface area contributed by atoms with Gasteiger partial charge in [0.15, 0.2) is 0 Å². The average Bonchev–Trinajstić information content (AvgIpc) is 1.89. The summed E-state index contributed by atoms with van der Waals surface area (Å²) in [4.78, 5) is 0. The van der Waals surface area contributed by atoms with Gasteiger partial charge < -0.3 is 0 Å². The highest BCUT2D eigenvalue weighted by molar-refractivity contribution is 4.77. The van der Waals surface area contributed by atoms with Crippen LogP contribution >= 0.6 is 0 Å². The van der Waals surface area contributed by atoms with Crippen molar-refractivity contribution in [2.45, 2.75) is 33.1 Å². The molecule has 0 heteroatoms. The van der Waals surface area contributed by atoms with Crippen molar-refractivity contribution in [1.82, 2.24) is 0 Å². The van der Waals surface area contributed by atoms with Gasteiger partial charge in [-0.3, -0.25) is 0 Å². The summed E-state index contributed by atoms with van der Waals surface area (Å²) in [6.07, 6.45) is 7.94. The molecule has 0 fully saturated rings. The van der Waals surface area contributed by atoms with Crippen LogP contribution in [0.3, 0.4) is 0 Å². The van der Waals surface area contributed by atoms with E-state index in [0.29, 0.717) is 5.92 Å². The highest BCUT2D eigenvalue weighted by atomic mass is 14.0. The number of hydrogen-bond donors (Lipinski definition) is 0. The Morgan fingerprint density at radius 3 is 2.67 bits per heavy atom. The van der Waals surface area contributed by atoms with Crippen molar-refractivity contribution in [2.75, 3.05) is 0 Å². The normalized spacial score (nSPS) is 14.6. The Morgan fingerprint density at radius 1 is 1.56 bits per heavy atom. The molecule has 0 rings (SSSR count). The van der Waals surface area contributed by atoms with Gasteiger partial charge >= 0.3 is 0 Å². The fraction of sp³-hybridized carbons (Fsp3) is 0.667. The molecule has 0 spiro atoms. The highest BCUT2D eigenvalue weighted by Gasteiger charge is 1.94. The molecule has 0 bridgehead atoms. The second-order valence-electron chi connectivity index (χ2n) is 2.42. The molecule has 0 N–H and O–H groups in total. The second kappa shape index (κ2) is 5.87. The van der Waals surface area contributed by atoms with Crippen molar-refractivity contribution >= 4 is 0 Å². The lowest BCUT2D eigenvalue weighted by Gasteiger charge is -2.03. The van der Waals surface area contributed by atoms with Crippen molar-refractivity contribution in [2.24, 2.45) is 5.92 Å². The highest BCUT2D eigenvalue weighted by Crippen LogP contribution is 2.08. The number of allylic oxidation sites excluding steroid dienone is 2. The van der Waals surface area contributed by atoms with E-state index in [4.69, 9.17) is 0 Å². The molecule has 0 saturated heterocycles. The Hall–Kier alpha value is -0.260. The van der Waals surface area contributed by atoms with Crippen LogP contribution in [0.15, 0.2) is 12.2 Å². The van der Waals surface area contributed by atoms with Crippen LogP contribution in [0.4, 0.5) is 0 Å². The van der Waals surface area contributed by atoms with Crippen LogP contribution in [0, 0.1) is 12.8 Å². The molecule has 0 aliphatic carbocycles. The third-order valence-electron chi connectivity index (χ3n) is 1.55. The van der Waals surface area contributed by atoms with E-state index in [1.807, 2.05) is 0 Å². The molecule has 0 amide bonds. The molecule has 0 nitrogen and oxygen atoms in total. The van der Waals surface area contributed by atoms with Crippen LogP contribution < -0.4 is 0 Å². The minimum absolute atomic E-state index is 0.654. The standard InChI is InChI=1S/C9H17/c1-4-6-7-8-9(3)5-2/h4,6,9H,3,5,7-8H2,1-2H3.